The fourth-order valence-corrected chi connectivity index (χ4v) is 3.66. The van der Waals surface area contributed by atoms with Crippen molar-refractivity contribution in [2.45, 2.75) is 32.7 Å². The summed E-state index contributed by atoms with van der Waals surface area (Å²) in [6, 6.07) is 17.2. The van der Waals surface area contributed by atoms with Crippen LogP contribution in [0.4, 0.5) is 0 Å². The van der Waals surface area contributed by atoms with Crippen molar-refractivity contribution in [1.82, 2.24) is 10.3 Å². The van der Waals surface area contributed by atoms with Crippen LogP contribution in [0, 0.1) is 0 Å². The van der Waals surface area contributed by atoms with Gasteiger partial charge in [-0.25, -0.2) is 0 Å². The summed E-state index contributed by atoms with van der Waals surface area (Å²) >= 11 is 6.17. The normalized spacial score (nSPS) is 16.8. The minimum absolute atomic E-state index is 0. The first-order valence-corrected chi connectivity index (χ1v) is 8.26. The smallest absolute Gasteiger partial charge is 0.0479 e. The molecule has 2 aromatic carbocycles. The molecule has 23 heavy (non-hydrogen) atoms. The highest BCUT2D eigenvalue weighted by molar-refractivity contribution is 6.31. The van der Waals surface area contributed by atoms with E-state index in [-0.39, 0.29) is 7.43 Å². The van der Waals surface area contributed by atoms with Crippen LogP contribution < -0.4 is 5.32 Å². The molecule has 2 N–H and O–H groups in total. The van der Waals surface area contributed by atoms with Gasteiger partial charge in [0.05, 0.1) is 0 Å². The average molecular weight is 327 g/mol. The predicted molar refractivity (Wildman–Crippen MR) is 99.3 cm³/mol. The van der Waals surface area contributed by atoms with Crippen molar-refractivity contribution in [3.63, 3.8) is 0 Å². The molecule has 3 heteroatoms. The molecule has 0 saturated carbocycles. The van der Waals surface area contributed by atoms with E-state index >= 15 is 0 Å². The fourth-order valence-electron chi connectivity index (χ4n) is 3.48. The topological polar surface area (TPSA) is 27.8 Å². The number of nitrogens with one attached hydrogen (secondary N) is 2. The lowest BCUT2D eigenvalue weighted by molar-refractivity contribution is 0.468. The molecule has 2 heterocycles. The Labute approximate surface area is 142 Å². The molecule has 0 saturated heterocycles. The van der Waals surface area contributed by atoms with E-state index in [2.05, 4.69) is 52.8 Å². The Morgan fingerprint density at radius 3 is 2.74 bits per heavy atom. The van der Waals surface area contributed by atoms with Crippen molar-refractivity contribution in [3.05, 3.63) is 70.4 Å². The second-order valence-electron chi connectivity index (χ2n) is 5.99. The van der Waals surface area contributed by atoms with E-state index in [1.165, 1.54) is 27.7 Å². The number of aryl methyl sites for hydroxylation is 1. The van der Waals surface area contributed by atoms with Gasteiger partial charge < -0.3 is 10.3 Å². The molecule has 0 spiro atoms. The van der Waals surface area contributed by atoms with Crippen LogP contribution >= 0.6 is 11.6 Å². The molecule has 4 rings (SSSR count). The lowest BCUT2D eigenvalue weighted by Crippen LogP contribution is -2.30. The van der Waals surface area contributed by atoms with Gasteiger partial charge in [0.15, 0.2) is 0 Å². The van der Waals surface area contributed by atoms with E-state index in [1.807, 2.05) is 6.07 Å². The summed E-state index contributed by atoms with van der Waals surface area (Å²) < 4.78 is 0. The summed E-state index contributed by atoms with van der Waals surface area (Å²) in [5.41, 5.74) is 5.38. The van der Waals surface area contributed by atoms with Gasteiger partial charge in [0.1, 0.15) is 0 Å². The molecule has 1 aromatic heterocycles. The summed E-state index contributed by atoms with van der Waals surface area (Å²) in [5, 5.41) is 5.76. The zero-order valence-corrected chi connectivity index (χ0v) is 13.2. The lowest BCUT2D eigenvalue weighted by Gasteiger charge is -2.24. The Hall–Kier alpha value is -1.77. The van der Waals surface area contributed by atoms with Crippen LogP contribution in [0.1, 0.15) is 36.7 Å². The first-order chi connectivity index (χ1) is 10.8. The van der Waals surface area contributed by atoms with Gasteiger partial charge in [0.2, 0.25) is 0 Å². The minimum Gasteiger partial charge on any atom is -0.357 e. The van der Waals surface area contributed by atoms with Gasteiger partial charge in [0.25, 0.3) is 0 Å². The third-order valence-electron chi connectivity index (χ3n) is 4.58. The molecule has 3 aromatic rings. The SMILES string of the molecule is C.Clc1ccc2[nH]c3c(c2c1)CCNC3CCc1ccccc1. The molecule has 0 radical (unpaired) electrons. The maximum Gasteiger partial charge on any atom is 0.0479 e. The average Bonchev–Trinajstić information content (AvgIpc) is 2.92. The van der Waals surface area contributed by atoms with Crippen LogP contribution in [0.25, 0.3) is 10.9 Å². The largest absolute Gasteiger partial charge is 0.357 e. The molecular formula is C20H23ClN2. The zero-order valence-electron chi connectivity index (χ0n) is 12.4. The van der Waals surface area contributed by atoms with E-state index in [4.69, 9.17) is 11.6 Å². The maximum atomic E-state index is 6.17. The molecule has 2 nitrogen and oxygen atoms in total. The number of hydrogen-bond donors (Lipinski definition) is 2. The van der Waals surface area contributed by atoms with Gasteiger partial charge >= 0.3 is 0 Å². The monoisotopic (exact) mass is 326 g/mol. The van der Waals surface area contributed by atoms with Crippen LogP contribution in [0.15, 0.2) is 48.5 Å². The standard InChI is InChI=1S/C19H19ClN2.CH4/c20-14-7-9-17-16(12-14)15-10-11-21-18(19(15)22-17)8-6-13-4-2-1-3-5-13;/h1-5,7,9,12,18,21-22H,6,8,10-11H2;1H4. The molecule has 1 aliphatic rings. The Bertz CT molecular complexity index is 792. The summed E-state index contributed by atoms with van der Waals surface area (Å²) in [7, 11) is 0. The van der Waals surface area contributed by atoms with Gasteiger partial charge in [-0.2, -0.15) is 0 Å². The van der Waals surface area contributed by atoms with E-state index in [0.717, 1.165) is 30.8 Å². The molecule has 1 aliphatic heterocycles. The van der Waals surface area contributed by atoms with Crippen molar-refractivity contribution in [1.29, 1.82) is 0 Å². The number of H-pyrrole nitrogens is 1. The number of hydrogen-bond acceptors (Lipinski definition) is 1. The summed E-state index contributed by atoms with van der Waals surface area (Å²) in [6.07, 6.45) is 3.27. The van der Waals surface area contributed by atoms with Crippen LogP contribution in [0.5, 0.6) is 0 Å². The quantitative estimate of drug-likeness (QED) is 0.673. The van der Waals surface area contributed by atoms with E-state index in [1.54, 1.807) is 0 Å². The van der Waals surface area contributed by atoms with Gasteiger partial charge in [0, 0.05) is 27.7 Å². The highest BCUT2D eigenvalue weighted by Crippen LogP contribution is 2.33. The Morgan fingerprint density at radius 1 is 1.09 bits per heavy atom. The second kappa shape index (κ2) is 6.77. The van der Waals surface area contributed by atoms with Gasteiger partial charge in [-0.15, -0.1) is 0 Å². The van der Waals surface area contributed by atoms with E-state index in [0.29, 0.717) is 6.04 Å². The van der Waals surface area contributed by atoms with Gasteiger partial charge in [-0.1, -0.05) is 49.4 Å². The molecule has 0 fully saturated rings. The first-order valence-electron chi connectivity index (χ1n) is 7.88. The molecule has 1 atom stereocenters. The molecule has 0 aliphatic carbocycles. The van der Waals surface area contributed by atoms with Crippen molar-refractivity contribution >= 4 is 22.5 Å². The van der Waals surface area contributed by atoms with E-state index in [9.17, 15) is 0 Å². The van der Waals surface area contributed by atoms with Gasteiger partial charge in [-0.05, 0) is 55.1 Å². The Balaban J connectivity index is 0.00000156. The molecule has 1 unspecified atom stereocenters. The number of benzene rings is 2. The number of fused-ring (bicyclic) bond motifs is 3. The third kappa shape index (κ3) is 3.15. The fraction of sp³-hybridized carbons (Fsp3) is 0.300. The van der Waals surface area contributed by atoms with Crippen molar-refractivity contribution in [2.75, 3.05) is 6.54 Å². The Morgan fingerprint density at radius 2 is 1.91 bits per heavy atom. The van der Waals surface area contributed by atoms with Crippen LogP contribution in [0.3, 0.4) is 0 Å². The zero-order chi connectivity index (χ0) is 14.9. The number of halogens is 1. The molecule has 0 amide bonds. The predicted octanol–water partition coefficient (Wildman–Crippen LogP) is 5.28. The van der Waals surface area contributed by atoms with Gasteiger partial charge in [-0.3, -0.25) is 0 Å². The summed E-state index contributed by atoms with van der Waals surface area (Å²) in [4.78, 5) is 3.61. The van der Waals surface area contributed by atoms with Crippen molar-refractivity contribution in [3.8, 4) is 0 Å². The Kier molecular flexibility index (Phi) is 4.74. The molecular weight excluding hydrogens is 304 g/mol. The molecule has 0 bridgehead atoms. The molecule has 120 valence electrons. The van der Waals surface area contributed by atoms with Crippen LogP contribution in [-0.2, 0) is 12.8 Å². The summed E-state index contributed by atoms with van der Waals surface area (Å²) in [5.74, 6) is 0. The summed E-state index contributed by atoms with van der Waals surface area (Å²) in [6.45, 7) is 1.03. The van der Waals surface area contributed by atoms with Crippen LogP contribution in [0.2, 0.25) is 5.02 Å². The van der Waals surface area contributed by atoms with Crippen molar-refractivity contribution in [2.24, 2.45) is 0 Å². The van der Waals surface area contributed by atoms with Crippen molar-refractivity contribution < 1.29 is 0 Å². The number of rotatable bonds is 3. The third-order valence-corrected chi connectivity index (χ3v) is 4.81. The maximum absolute atomic E-state index is 6.17. The number of aromatic nitrogens is 1. The number of aromatic amines is 1. The van der Waals surface area contributed by atoms with Crippen LogP contribution in [-0.4, -0.2) is 11.5 Å². The van der Waals surface area contributed by atoms with E-state index < -0.39 is 0 Å². The minimum atomic E-state index is 0. The lowest BCUT2D eigenvalue weighted by atomic mass is 9.95. The highest BCUT2D eigenvalue weighted by atomic mass is 35.5. The highest BCUT2D eigenvalue weighted by Gasteiger charge is 2.23. The second-order valence-corrected chi connectivity index (χ2v) is 6.42. The first kappa shape index (κ1) is 16.1.